The Kier molecular flexibility index (Phi) is 12.3. The summed E-state index contributed by atoms with van der Waals surface area (Å²) in [5, 5.41) is 5.55. The lowest BCUT2D eigenvalue weighted by atomic mass is 9.92. The van der Waals surface area contributed by atoms with E-state index in [1.165, 1.54) is 0 Å². The number of halogens is 2. The second-order valence-electron chi connectivity index (χ2n) is 11.8. The van der Waals surface area contributed by atoms with E-state index in [0.717, 1.165) is 34.9 Å². The van der Waals surface area contributed by atoms with E-state index >= 15 is 0 Å². The number of nitrogens with one attached hydrogen (secondary N) is 3. The summed E-state index contributed by atoms with van der Waals surface area (Å²) in [6, 6.07) is 17.3. The topological polar surface area (TPSA) is 125 Å². The number of hydrogen-bond acceptors (Lipinski definition) is 5. The molecular formula is C34H40ClFN4O5S. The molecule has 1 aliphatic heterocycles. The second-order valence-corrected chi connectivity index (χ2v) is 13.9. The number of nitrogens with zero attached hydrogens (tertiary/aromatic N) is 1. The number of hydrogen-bond donors (Lipinski definition) is 3. The fourth-order valence-corrected chi connectivity index (χ4v) is 7.08. The maximum absolute atomic E-state index is 13.3. The van der Waals surface area contributed by atoms with Crippen LogP contribution in [0.1, 0.15) is 60.2 Å². The summed E-state index contributed by atoms with van der Waals surface area (Å²) in [6.07, 6.45) is 2.15. The summed E-state index contributed by atoms with van der Waals surface area (Å²) >= 11 is 5.87. The minimum Gasteiger partial charge on any atom is -0.354 e. The van der Waals surface area contributed by atoms with Crippen LogP contribution in [0.15, 0.2) is 71.6 Å². The lowest BCUT2D eigenvalue weighted by molar-refractivity contribution is -0.129. The molecule has 9 nitrogen and oxygen atoms in total. The number of benzene rings is 3. The summed E-state index contributed by atoms with van der Waals surface area (Å²) in [7, 11) is -3.90. The van der Waals surface area contributed by atoms with Crippen LogP contribution in [0.25, 0.3) is 0 Å². The van der Waals surface area contributed by atoms with Gasteiger partial charge >= 0.3 is 0 Å². The zero-order valence-electron chi connectivity index (χ0n) is 26.0. The molecule has 46 heavy (non-hydrogen) atoms. The van der Waals surface area contributed by atoms with E-state index in [4.69, 9.17) is 11.6 Å². The number of carbonyl (C=O) groups excluding carboxylic acids is 3. The van der Waals surface area contributed by atoms with Crippen LogP contribution in [-0.2, 0) is 39.0 Å². The highest BCUT2D eigenvalue weighted by molar-refractivity contribution is 7.89. The molecule has 0 saturated carbocycles. The number of unbranched alkanes of at least 4 members (excludes halogenated alkanes) is 1. The van der Waals surface area contributed by atoms with Crippen molar-refractivity contribution in [1.82, 2.24) is 20.3 Å². The molecule has 0 fully saturated rings. The molecule has 1 atom stereocenters. The monoisotopic (exact) mass is 670 g/mol. The van der Waals surface area contributed by atoms with Crippen LogP contribution in [0.4, 0.5) is 4.39 Å². The number of carbonyl (C=O) groups is 3. The highest BCUT2D eigenvalue weighted by atomic mass is 35.5. The van der Waals surface area contributed by atoms with Gasteiger partial charge in [-0.3, -0.25) is 14.4 Å². The maximum Gasteiger partial charge on any atom is 0.254 e. The van der Waals surface area contributed by atoms with Crippen molar-refractivity contribution in [2.24, 2.45) is 5.92 Å². The van der Waals surface area contributed by atoms with E-state index in [0.29, 0.717) is 50.9 Å². The van der Waals surface area contributed by atoms with Crippen LogP contribution in [0.3, 0.4) is 0 Å². The van der Waals surface area contributed by atoms with E-state index in [-0.39, 0.29) is 46.5 Å². The largest absolute Gasteiger partial charge is 0.354 e. The van der Waals surface area contributed by atoms with E-state index in [1.807, 2.05) is 55.1 Å². The average Bonchev–Trinajstić information content (AvgIpc) is 3.01. The van der Waals surface area contributed by atoms with Gasteiger partial charge in [-0.05, 0) is 78.6 Å². The molecule has 0 saturated heterocycles. The third-order valence-corrected chi connectivity index (χ3v) is 9.70. The Morgan fingerprint density at radius 2 is 1.72 bits per heavy atom. The Morgan fingerprint density at radius 3 is 2.43 bits per heavy atom. The van der Waals surface area contributed by atoms with E-state index in [1.54, 1.807) is 12.1 Å². The fourth-order valence-electron chi connectivity index (χ4n) is 5.47. The molecule has 3 N–H and O–H groups in total. The minimum absolute atomic E-state index is 0.0202. The van der Waals surface area contributed by atoms with Gasteiger partial charge in [0.05, 0.1) is 11.4 Å². The second kappa shape index (κ2) is 16.2. The Hall–Kier alpha value is -3.80. The quantitative estimate of drug-likeness (QED) is 0.216. The molecule has 0 bridgehead atoms. The van der Waals surface area contributed by atoms with Gasteiger partial charge in [0, 0.05) is 31.7 Å². The number of rotatable bonds is 14. The molecule has 3 aromatic rings. The third kappa shape index (κ3) is 9.60. The zero-order valence-corrected chi connectivity index (χ0v) is 27.6. The molecule has 1 heterocycles. The molecule has 3 aromatic carbocycles. The van der Waals surface area contributed by atoms with Gasteiger partial charge in [0.15, 0.2) is 0 Å². The maximum atomic E-state index is 13.3. The van der Waals surface area contributed by atoms with Gasteiger partial charge in [0.25, 0.3) is 5.91 Å². The van der Waals surface area contributed by atoms with E-state index in [2.05, 4.69) is 15.4 Å². The van der Waals surface area contributed by atoms with Gasteiger partial charge in [-0.25, -0.2) is 17.5 Å². The highest BCUT2D eigenvalue weighted by Crippen LogP contribution is 2.25. The summed E-state index contributed by atoms with van der Waals surface area (Å²) in [4.78, 5) is 40.8. The number of amides is 3. The summed E-state index contributed by atoms with van der Waals surface area (Å²) in [5.74, 6) is -1.05. The zero-order chi connectivity index (χ0) is 33.3. The van der Waals surface area contributed by atoms with Crippen molar-refractivity contribution in [2.75, 3.05) is 19.6 Å². The van der Waals surface area contributed by atoms with Gasteiger partial charge in [0.2, 0.25) is 21.8 Å². The first-order chi connectivity index (χ1) is 21.9. The molecule has 246 valence electrons. The van der Waals surface area contributed by atoms with Crippen molar-refractivity contribution in [3.8, 4) is 0 Å². The van der Waals surface area contributed by atoms with E-state index < -0.39 is 21.9 Å². The standard InChI is InChI=1S/C34H40ClFN4O5S/c1-23(2)19-30(33(42)37-16-6-7-17-38-46(44,45)31-14-13-27(36)21-29(31)35)39-32(41)20-25-11-8-12-26-22-40(18-15-28(25)26)34(43)24-9-4-3-5-10-24/h3-5,8-14,21,23,30,38H,6-7,15-20,22H2,1-2H3,(H,37,42)(H,39,41)/t30-/m0/s1. The van der Waals surface area contributed by atoms with Crippen molar-refractivity contribution in [3.05, 3.63) is 99.8 Å². The van der Waals surface area contributed by atoms with Crippen LogP contribution < -0.4 is 15.4 Å². The number of sulfonamides is 1. The molecule has 1 aliphatic rings. The smallest absolute Gasteiger partial charge is 0.254 e. The van der Waals surface area contributed by atoms with Gasteiger partial charge in [-0.15, -0.1) is 0 Å². The lowest BCUT2D eigenvalue weighted by Crippen LogP contribution is -2.48. The predicted molar refractivity (Wildman–Crippen MR) is 175 cm³/mol. The Morgan fingerprint density at radius 1 is 0.978 bits per heavy atom. The molecule has 0 radical (unpaired) electrons. The van der Waals surface area contributed by atoms with Gasteiger partial charge in [-0.1, -0.05) is 61.8 Å². The summed E-state index contributed by atoms with van der Waals surface area (Å²) in [6.45, 7) is 5.38. The Balaban J connectivity index is 1.26. The Bertz CT molecular complexity index is 1650. The lowest BCUT2D eigenvalue weighted by Gasteiger charge is -2.30. The van der Waals surface area contributed by atoms with Crippen molar-refractivity contribution in [1.29, 1.82) is 0 Å². The van der Waals surface area contributed by atoms with Crippen molar-refractivity contribution >= 4 is 39.3 Å². The molecule has 0 aromatic heterocycles. The minimum atomic E-state index is -3.90. The first-order valence-electron chi connectivity index (χ1n) is 15.4. The van der Waals surface area contributed by atoms with Gasteiger partial charge < -0.3 is 15.5 Å². The normalized spacial score (nSPS) is 13.6. The molecule has 3 amide bonds. The van der Waals surface area contributed by atoms with Gasteiger partial charge in [0.1, 0.15) is 16.8 Å². The van der Waals surface area contributed by atoms with Crippen LogP contribution >= 0.6 is 11.6 Å². The van der Waals surface area contributed by atoms with Gasteiger partial charge in [-0.2, -0.15) is 0 Å². The molecule has 12 heteroatoms. The fraction of sp³-hybridized carbons (Fsp3) is 0.382. The van der Waals surface area contributed by atoms with Crippen LogP contribution in [0.5, 0.6) is 0 Å². The Labute approximate surface area is 275 Å². The molecule has 0 unspecified atom stereocenters. The van der Waals surface area contributed by atoms with Crippen molar-refractivity contribution in [3.63, 3.8) is 0 Å². The van der Waals surface area contributed by atoms with Crippen molar-refractivity contribution in [2.45, 2.75) is 63.4 Å². The average molecular weight is 671 g/mol. The highest BCUT2D eigenvalue weighted by Gasteiger charge is 2.26. The predicted octanol–water partition coefficient (Wildman–Crippen LogP) is 4.63. The van der Waals surface area contributed by atoms with Crippen molar-refractivity contribution < 1.29 is 27.2 Å². The first-order valence-corrected chi connectivity index (χ1v) is 17.3. The SMILES string of the molecule is CC(C)C[C@H](NC(=O)Cc1cccc2c1CCN(C(=O)c1ccccc1)C2)C(=O)NCCCCNS(=O)(=O)c1ccc(F)cc1Cl. The van der Waals surface area contributed by atoms with E-state index in [9.17, 15) is 27.2 Å². The van der Waals surface area contributed by atoms with Crippen LogP contribution in [0.2, 0.25) is 5.02 Å². The molecule has 0 spiro atoms. The first kappa shape index (κ1) is 35.1. The molecule has 4 rings (SSSR count). The van der Waals surface area contributed by atoms with Crippen LogP contribution in [-0.4, -0.2) is 56.7 Å². The number of fused-ring (bicyclic) bond motifs is 1. The molecule has 0 aliphatic carbocycles. The summed E-state index contributed by atoms with van der Waals surface area (Å²) < 4.78 is 40.6. The molecular weight excluding hydrogens is 631 g/mol. The summed E-state index contributed by atoms with van der Waals surface area (Å²) in [5.41, 5.74) is 3.61. The van der Waals surface area contributed by atoms with Crippen LogP contribution in [0, 0.1) is 11.7 Å². The third-order valence-electron chi connectivity index (χ3n) is 7.76.